The lowest BCUT2D eigenvalue weighted by Crippen LogP contribution is -2.00. The van der Waals surface area contributed by atoms with E-state index in [1.807, 2.05) is 37.3 Å². The van der Waals surface area contributed by atoms with Crippen LogP contribution in [0.4, 0.5) is 14.5 Å². The van der Waals surface area contributed by atoms with Gasteiger partial charge in [-0.25, -0.2) is 8.78 Å². The maximum Gasteiger partial charge on any atom is 0.160 e. The molecule has 0 spiro atoms. The topological polar surface area (TPSA) is 24.9 Å². The number of benzene rings is 2. The number of fused-ring (bicyclic) bond motifs is 1. The van der Waals surface area contributed by atoms with Gasteiger partial charge in [-0.05, 0) is 42.8 Å². The van der Waals surface area contributed by atoms with Crippen molar-refractivity contribution in [3.8, 4) is 0 Å². The van der Waals surface area contributed by atoms with Gasteiger partial charge in [-0.15, -0.1) is 0 Å². The van der Waals surface area contributed by atoms with E-state index in [9.17, 15) is 8.78 Å². The van der Waals surface area contributed by atoms with Gasteiger partial charge in [0.15, 0.2) is 11.6 Å². The first kappa shape index (κ1) is 13.5. The molecule has 0 aliphatic rings. The maximum absolute atomic E-state index is 13.1. The Morgan fingerprint density at radius 1 is 0.952 bits per heavy atom. The summed E-state index contributed by atoms with van der Waals surface area (Å²) in [6.07, 6.45) is 0. The van der Waals surface area contributed by atoms with Crippen molar-refractivity contribution in [3.63, 3.8) is 0 Å². The minimum absolute atomic E-state index is 0.537. The second kappa shape index (κ2) is 5.48. The number of pyridine rings is 1. The predicted octanol–water partition coefficient (Wildman–Crippen LogP) is 4.43. The second-order valence-corrected chi connectivity index (χ2v) is 4.96. The summed E-state index contributed by atoms with van der Waals surface area (Å²) < 4.78 is 26.0. The van der Waals surface area contributed by atoms with Gasteiger partial charge in [-0.1, -0.05) is 12.1 Å². The molecule has 1 heterocycles. The molecule has 1 N–H and O–H groups in total. The van der Waals surface area contributed by atoms with Crippen LogP contribution in [0.25, 0.3) is 10.9 Å². The predicted molar refractivity (Wildman–Crippen MR) is 80.2 cm³/mol. The van der Waals surface area contributed by atoms with E-state index in [2.05, 4.69) is 10.3 Å². The summed E-state index contributed by atoms with van der Waals surface area (Å²) in [4.78, 5) is 4.44. The zero-order valence-corrected chi connectivity index (χ0v) is 11.5. The normalized spacial score (nSPS) is 10.8. The van der Waals surface area contributed by atoms with Crippen LogP contribution in [0.2, 0.25) is 0 Å². The van der Waals surface area contributed by atoms with Gasteiger partial charge in [-0.3, -0.25) is 4.98 Å². The summed E-state index contributed by atoms with van der Waals surface area (Å²) in [5.74, 6) is -1.69. The molecule has 0 bridgehead atoms. The third-order valence-electron chi connectivity index (χ3n) is 3.31. The number of anilines is 1. The van der Waals surface area contributed by atoms with Crippen LogP contribution in [0.1, 0.15) is 11.3 Å². The zero-order chi connectivity index (χ0) is 14.8. The lowest BCUT2D eigenvalue weighted by molar-refractivity contribution is 0.509. The van der Waals surface area contributed by atoms with Crippen molar-refractivity contribution in [1.82, 2.24) is 4.98 Å². The van der Waals surface area contributed by atoms with Crippen LogP contribution in [-0.4, -0.2) is 4.98 Å². The van der Waals surface area contributed by atoms with Crippen LogP contribution in [0.5, 0.6) is 0 Å². The van der Waals surface area contributed by atoms with Crippen molar-refractivity contribution in [3.05, 3.63) is 71.4 Å². The molecule has 3 aromatic rings. The molecule has 21 heavy (non-hydrogen) atoms. The van der Waals surface area contributed by atoms with E-state index in [0.717, 1.165) is 34.3 Å². The van der Waals surface area contributed by atoms with Crippen molar-refractivity contribution >= 4 is 16.6 Å². The molecule has 0 fully saturated rings. The third-order valence-corrected chi connectivity index (χ3v) is 3.31. The number of aryl methyl sites for hydroxylation is 1. The molecule has 0 saturated heterocycles. The first-order valence-corrected chi connectivity index (χ1v) is 6.67. The number of hydrogen-bond donors (Lipinski definition) is 1. The van der Waals surface area contributed by atoms with Gasteiger partial charge in [0.2, 0.25) is 0 Å². The molecule has 0 amide bonds. The monoisotopic (exact) mass is 284 g/mol. The number of nitrogens with one attached hydrogen (secondary N) is 1. The Bertz CT molecular complexity index is 800. The lowest BCUT2D eigenvalue weighted by Gasteiger charge is -2.08. The van der Waals surface area contributed by atoms with Gasteiger partial charge in [0, 0.05) is 29.4 Å². The molecule has 0 saturated carbocycles. The SMILES string of the molecule is Cc1ccc2cc(CNc3ccc(F)c(F)c3)ccc2n1. The van der Waals surface area contributed by atoms with Crippen LogP contribution >= 0.6 is 0 Å². The first-order valence-electron chi connectivity index (χ1n) is 6.67. The summed E-state index contributed by atoms with van der Waals surface area (Å²) in [6, 6.07) is 13.8. The zero-order valence-electron chi connectivity index (χ0n) is 11.5. The molecule has 0 radical (unpaired) electrons. The summed E-state index contributed by atoms with van der Waals surface area (Å²) in [5, 5.41) is 4.14. The summed E-state index contributed by atoms with van der Waals surface area (Å²) >= 11 is 0. The van der Waals surface area contributed by atoms with Crippen molar-refractivity contribution < 1.29 is 8.78 Å². The van der Waals surface area contributed by atoms with Gasteiger partial charge in [-0.2, -0.15) is 0 Å². The number of nitrogens with zero attached hydrogens (tertiary/aromatic N) is 1. The minimum Gasteiger partial charge on any atom is -0.381 e. The Balaban J connectivity index is 1.78. The smallest absolute Gasteiger partial charge is 0.160 e. The van der Waals surface area contributed by atoms with E-state index < -0.39 is 11.6 Å². The molecule has 1 aromatic heterocycles. The second-order valence-electron chi connectivity index (χ2n) is 4.96. The van der Waals surface area contributed by atoms with Gasteiger partial charge >= 0.3 is 0 Å². The average molecular weight is 284 g/mol. The fraction of sp³-hybridized carbons (Fsp3) is 0.118. The Hall–Kier alpha value is -2.49. The van der Waals surface area contributed by atoms with E-state index in [4.69, 9.17) is 0 Å². The van der Waals surface area contributed by atoms with E-state index in [1.165, 1.54) is 6.07 Å². The van der Waals surface area contributed by atoms with E-state index in [-0.39, 0.29) is 0 Å². The Kier molecular flexibility index (Phi) is 3.52. The van der Waals surface area contributed by atoms with Crippen LogP contribution < -0.4 is 5.32 Å². The van der Waals surface area contributed by atoms with E-state index in [0.29, 0.717) is 12.2 Å². The Labute approximate surface area is 121 Å². The number of aromatic nitrogens is 1. The number of hydrogen-bond acceptors (Lipinski definition) is 2. The third kappa shape index (κ3) is 2.99. The highest BCUT2D eigenvalue weighted by molar-refractivity contribution is 5.79. The van der Waals surface area contributed by atoms with Crippen LogP contribution in [0.3, 0.4) is 0 Å². The van der Waals surface area contributed by atoms with Gasteiger partial charge in [0.05, 0.1) is 5.52 Å². The molecule has 106 valence electrons. The fourth-order valence-corrected chi connectivity index (χ4v) is 2.20. The maximum atomic E-state index is 13.1. The highest BCUT2D eigenvalue weighted by atomic mass is 19.2. The largest absolute Gasteiger partial charge is 0.381 e. The highest BCUT2D eigenvalue weighted by Gasteiger charge is 2.03. The van der Waals surface area contributed by atoms with Gasteiger partial charge in [0.1, 0.15) is 0 Å². The highest BCUT2D eigenvalue weighted by Crippen LogP contribution is 2.17. The average Bonchev–Trinajstić information content (AvgIpc) is 2.48. The van der Waals surface area contributed by atoms with Crippen molar-refractivity contribution in [2.45, 2.75) is 13.5 Å². The van der Waals surface area contributed by atoms with E-state index in [1.54, 1.807) is 0 Å². The lowest BCUT2D eigenvalue weighted by atomic mass is 10.1. The molecule has 2 nitrogen and oxygen atoms in total. The quantitative estimate of drug-likeness (QED) is 0.769. The van der Waals surface area contributed by atoms with Crippen LogP contribution in [0.15, 0.2) is 48.5 Å². The summed E-state index contributed by atoms with van der Waals surface area (Å²) in [5.41, 5.74) is 3.54. The molecule has 0 unspecified atom stereocenters. The minimum atomic E-state index is -0.849. The molecule has 0 atom stereocenters. The van der Waals surface area contributed by atoms with Gasteiger partial charge in [0.25, 0.3) is 0 Å². The van der Waals surface area contributed by atoms with E-state index >= 15 is 0 Å². The van der Waals surface area contributed by atoms with Gasteiger partial charge < -0.3 is 5.32 Å². The molecule has 4 heteroatoms. The fourth-order valence-electron chi connectivity index (χ4n) is 2.20. The number of rotatable bonds is 3. The summed E-state index contributed by atoms with van der Waals surface area (Å²) in [7, 11) is 0. The number of halogens is 2. The standard InChI is InChI=1S/C17H14F2N2/c1-11-2-4-13-8-12(3-7-17(13)21-11)10-20-14-5-6-15(18)16(19)9-14/h2-9,20H,10H2,1H3. The van der Waals surface area contributed by atoms with Crippen molar-refractivity contribution in [2.75, 3.05) is 5.32 Å². The van der Waals surface area contributed by atoms with Crippen molar-refractivity contribution in [1.29, 1.82) is 0 Å². The molecule has 0 aliphatic carbocycles. The summed E-state index contributed by atoms with van der Waals surface area (Å²) in [6.45, 7) is 2.49. The van der Waals surface area contributed by atoms with Crippen LogP contribution in [0, 0.1) is 18.6 Å². The molecular weight excluding hydrogens is 270 g/mol. The van der Waals surface area contributed by atoms with Crippen molar-refractivity contribution in [2.24, 2.45) is 0 Å². The molecule has 2 aromatic carbocycles. The molecule has 0 aliphatic heterocycles. The molecular formula is C17H14F2N2. The Morgan fingerprint density at radius 2 is 1.81 bits per heavy atom. The molecule has 3 rings (SSSR count). The van der Waals surface area contributed by atoms with Crippen LogP contribution in [-0.2, 0) is 6.54 Å². The Morgan fingerprint density at radius 3 is 2.62 bits per heavy atom. The first-order chi connectivity index (χ1) is 10.1.